The summed E-state index contributed by atoms with van der Waals surface area (Å²) in [7, 11) is 0. The monoisotopic (exact) mass is 272 g/mol. The van der Waals surface area contributed by atoms with Gasteiger partial charge in [0.15, 0.2) is 0 Å². The van der Waals surface area contributed by atoms with Gasteiger partial charge >= 0.3 is 0 Å². The van der Waals surface area contributed by atoms with Crippen molar-refractivity contribution in [2.45, 2.75) is 13.3 Å². The molecule has 2 aliphatic rings. The van der Waals surface area contributed by atoms with Crippen molar-refractivity contribution < 1.29 is 0 Å². The molecule has 1 aliphatic carbocycles. The molecule has 1 aromatic heterocycles. The molecule has 94 valence electrons. The number of nitrogens with one attached hydrogen (secondary N) is 1. The van der Waals surface area contributed by atoms with Gasteiger partial charge in [-0.05, 0) is 48.9 Å². The van der Waals surface area contributed by atoms with E-state index in [0.29, 0.717) is 0 Å². The highest BCUT2D eigenvalue weighted by molar-refractivity contribution is 5.85. The summed E-state index contributed by atoms with van der Waals surface area (Å²) in [5.74, 6) is 1.60. The lowest BCUT2D eigenvalue weighted by Gasteiger charge is -2.06. The number of nitrogens with zero attached hydrogens (tertiary/aromatic N) is 1. The van der Waals surface area contributed by atoms with Crippen molar-refractivity contribution in [3.63, 3.8) is 0 Å². The van der Waals surface area contributed by atoms with E-state index in [-0.39, 0.29) is 24.8 Å². The number of aromatic nitrogens is 1. The summed E-state index contributed by atoms with van der Waals surface area (Å²) >= 11 is 0. The SMILES string of the molecule is Cc1ccc(C2=CC3CNCC3C2)cn1.Cl.Cl. The lowest BCUT2D eigenvalue weighted by Crippen LogP contribution is -2.09. The van der Waals surface area contributed by atoms with Gasteiger partial charge in [-0.3, -0.25) is 4.98 Å². The third-order valence-electron chi connectivity index (χ3n) is 3.57. The Bertz CT molecular complexity index is 400. The van der Waals surface area contributed by atoms with Crippen LogP contribution in [0.1, 0.15) is 17.7 Å². The van der Waals surface area contributed by atoms with Crippen LogP contribution in [-0.4, -0.2) is 18.1 Å². The zero-order valence-electron chi connectivity index (χ0n) is 9.85. The second kappa shape index (κ2) is 5.85. The minimum Gasteiger partial charge on any atom is -0.316 e. The summed E-state index contributed by atoms with van der Waals surface area (Å²) in [6.45, 7) is 4.38. The summed E-state index contributed by atoms with van der Waals surface area (Å²) in [6, 6.07) is 4.30. The number of rotatable bonds is 1. The molecule has 17 heavy (non-hydrogen) atoms. The summed E-state index contributed by atoms with van der Waals surface area (Å²) < 4.78 is 0. The quantitative estimate of drug-likeness (QED) is 0.851. The van der Waals surface area contributed by atoms with Crippen LogP contribution in [0.2, 0.25) is 0 Å². The maximum absolute atomic E-state index is 4.36. The fourth-order valence-corrected chi connectivity index (χ4v) is 2.65. The molecule has 1 aliphatic heterocycles. The average molecular weight is 273 g/mol. The molecule has 4 heteroatoms. The van der Waals surface area contributed by atoms with Gasteiger partial charge < -0.3 is 5.32 Å². The van der Waals surface area contributed by atoms with E-state index in [9.17, 15) is 0 Å². The van der Waals surface area contributed by atoms with Crippen molar-refractivity contribution in [3.8, 4) is 0 Å². The molecule has 3 rings (SSSR count). The fraction of sp³-hybridized carbons (Fsp3) is 0.462. The highest BCUT2D eigenvalue weighted by atomic mass is 35.5. The van der Waals surface area contributed by atoms with Crippen LogP contribution in [0.5, 0.6) is 0 Å². The topological polar surface area (TPSA) is 24.9 Å². The summed E-state index contributed by atoms with van der Waals surface area (Å²) in [6.07, 6.45) is 5.68. The number of allylic oxidation sites excluding steroid dienone is 1. The van der Waals surface area contributed by atoms with E-state index in [1.165, 1.54) is 24.1 Å². The van der Waals surface area contributed by atoms with Crippen molar-refractivity contribution in [1.29, 1.82) is 0 Å². The summed E-state index contributed by atoms with van der Waals surface area (Å²) in [5.41, 5.74) is 3.91. The predicted molar refractivity (Wildman–Crippen MR) is 75.9 cm³/mol. The first kappa shape index (κ1) is 14.5. The number of hydrogen-bond acceptors (Lipinski definition) is 2. The average Bonchev–Trinajstić information content (AvgIpc) is 2.78. The van der Waals surface area contributed by atoms with E-state index >= 15 is 0 Å². The maximum atomic E-state index is 4.36. The van der Waals surface area contributed by atoms with Crippen LogP contribution in [0.3, 0.4) is 0 Å². The van der Waals surface area contributed by atoms with E-state index in [1.54, 1.807) is 0 Å². The number of fused-ring (bicyclic) bond motifs is 1. The first-order chi connectivity index (χ1) is 7.33. The Balaban J connectivity index is 0.000000722. The Kier molecular flexibility index (Phi) is 4.99. The summed E-state index contributed by atoms with van der Waals surface area (Å²) in [5, 5.41) is 3.45. The molecule has 0 saturated carbocycles. The Morgan fingerprint density at radius 1 is 1.24 bits per heavy atom. The van der Waals surface area contributed by atoms with Crippen LogP contribution in [0.15, 0.2) is 24.4 Å². The lowest BCUT2D eigenvalue weighted by atomic mass is 9.99. The van der Waals surface area contributed by atoms with Crippen LogP contribution in [0.4, 0.5) is 0 Å². The molecule has 2 atom stereocenters. The van der Waals surface area contributed by atoms with Crippen molar-refractivity contribution >= 4 is 30.4 Å². The number of pyridine rings is 1. The molecule has 2 unspecified atom stereocenters. The van der Waals surface area contributed by atoms with Gasteiger partial charge in [0.1, 0.15) is 0 Å². The van der Waals surface area contributed by atoms with E-state index in [2.05, 4.69) is 28.5 Å². The van der Waals surface area contributed by atoms with Crippen LogP contribution in [-0.2, 0) is 0 Å². The molecular formula is C13H18Cl2N2. The van der Waals surface area contributed by atoms with Crippen molar-refractivity contribution in [2.24, 2.45) is 11.8 Å². The molecule has 0 spiro atoms. The first-order valence-electron chi connectivity index (χ1n) is 5.67. The Hall–Kier alpha value is -0.570. The largest absolute Gasteiger partial charge is 0.316 e. The minimum atomic E-state index is 0. The van der Waals surface area contributed by atoms with Crippen LogP contribution in [0, 0.1) is 18.8 Å². The minimum absolute atomic E-state index is 0. The molecule has 2 heterocycles. The molecular weight excluding hydrogens is 255 g/mol. The third-order valence-corrected chi connectivity index (χ3v) is 3.57. The van der Waals surface area contributed by atoms with Gasteiger partial charge in [-0.1, -0.05) is 12.1 Å². The van der Waals surface area contributed by atoms with Gasteiger partial charge in [-0.25, -0.2) is 0 Å². The molecule has 0 bridgehead atoms. The van der Waals surface area contributed by atoms with Crippen LogP contribution < -0.4 is 5.32 Å². The smallest absolute Gasteiger partial charge is 0.0373 e. The number of aryl methyl sites for hydroxylation is 1. The van der Waals surface area contributed by atoms with Gasteiger partial charge in [0, 0.05) is 18.4 Å². The van der Waals surface area contributed by atoms with Crippen LogP contribution in [0.25, 0.3) is 5.57 Å². The molecule has 0 radical (unpaired) electrons. The van der Waals surface area contributed by atoms with Gasteiger partial charge in [0.2, 0.25) is 0 Å². The van der Waals surface area contributed by atoms with Gasteiger partial charge in [0.05, 0.1) is 0 Å². The highest BCUT2D eigenvalue weighted by Gasteiger charge is 2.31. The van der Waals surface area contributed by atoms with Gasteiger partial charge in [-0.2, -0.15) is 0 Å². The Morgan fingerprint density at radius 3 is 2.71 bits per heavy atom. The van der Waals surface area contributed by atoms with E-state index in [1.807, 2.05) is 13.1 Å². The fourth-order valence-electron chi connectivity index (χ4n) is 2.65. The number of halogens is 2. The molecule has 1 N–H and O–H groups in total. The Morgan fingerprint density at radius 2 is 2.06 bits per heavy atom. The predicted octanol–water partition coefficient (Wildman–Crippen LogP) is 2.86. The second-order valence-electron chi connectivity index (χ2n) is 4.67. The van der Waals surface area contributed by atoms with E-state index in [0.717, 1.165) is 24.1 Å². The number of hydrogen-bond donors (Lipinski definition) is 1. The molecule has 2 nitrogen and oxygen atoms in total. The van der Waals surface area contributed by atoms with E-state index in [4.69, 9.17) is 0 Å². The molecule has 0 aromatic carbocycles. The van der Waals surface area contributed by atoms with Gasteiger partial charge in [0.25, 0.3) is 0 Å². The van der Waals surface area contributed by atoms with E-state index < -0.39 is 0 Å². The summed E-state index contributed by atoms with van der Waals surface area (Å²) in [4.78, 5) is 4.36. The zero-order chi connectivity index (χ0) is 10.3. The molecule has 1 aromatic rings. The molecule has 1 saturated heterocycles. The highest BCUT2D eigenvalue weighted by Crippen LogP contribution is 2.37. The second-order valence-corrected chi connectivity index (χ2v) is 4.67. The van der Waals surface area contributed by atoms with Crippen molar-refractivity contribution in [2.75, 3.05) is 13.1 Å². The van der Waals surface area contributed by atoms with Crippen molar-refractivity contribution in [3.05, 3.63) is 35.7 Å². The first-order valence-corrected chi connectivity index (χ1v) is 5.67. The lowest BCUT2D eigenvalue weighted by molar-refractivity contribution is 0.536. The third kappa shape index (κ3) is 2.82. The molecule has 0 amide bonds. The van der Waals surface area contributed by atoms with Crippen molar-refractivity contribution in [1.82, 2.24) is 10.3 Å². The molecule has 1 fully saturated rings. The van der Waals surface area contributed by atoms with Gasteiger partial charge in [-0.15, -0.1) is 24.8 Å². The Labute approximate surface area is 115 Å². The standard InChI is InChI=1S/C13H16N2.2ClH/c1-9-2-3-10(8-15-9)11-4-12-6-14-7-13(12)5-11;;/h2-4,8,12-14H,5-7H2,1H3;2*1H. The normalized spacial score (nSPS) is 25.6. The van der Waals surface area contributed by atoms with Crippen LogP contribution >= 0.6 is 24.8 Å². The maximum Gasteiger partial charge on any atom is 0.0373 e. The zero-order valence-corrected chi connectivity index (χ0v) is 11.5.